The van der Waals surface area contributed by atoms with Crippen LogP contribution in [0.5, 0.6) is 0 Å². The van der Waals surface area contributed by atoms with Gasteiger partial charge in [-0.1, -0.05) is 26.2 Å². The molecule has 0 aromatic carbocycles. The third-order valence-corrected chi connectivity index (χ3v) is 7.91. The van der Waals surface area contributed by atoms with Gasteiger partial charge in [0.1, 0.15) is 0 Å². The summed E-state index contributed by atoms with van der Waals surface area (Å²) in [5.41, 5.74) is 0. The fraction of sp³-hybridized carbons (Fsp3) is 0.600. The Balaban J connectivity index is 5.09. The zero-order valence-electron chi connectivity index (χ0n) is 9.59. The topological polar surface area (TPSA) is 6.48 Å². The summed E-state index contributed by atoms with van der Waals surface area (Å²) in [4.78, 5) is 0. The molecule has 0 saturated carbocycles. The van der Waals surface area contributed by atoms with E-state index >= 15 is 0 Å². The molecule has 2 nitrogen and oxygen atoms in total. The first-order valence-electron chi connectivity index (χ1n) is 4.60. The molecular weight excluding hydrogens is 176 g/mol. The van der Waals surface area contributed by atoms with Gasteiger partial charge in [-0.15, -0.1) is 0 Å². The lowest BCUT2D eigenvalue weighted by molar-refractivity contribution is 0.490. The molecule has 0 amide bonds. The minimum Gasteiger partial charge on any atom is -0.314 e. The maximum atomic E-state index is 4.12. The first kappa shape index (κ1) is 12.6. The standard InChI is InChI=1S/C10H22N2Si/c1-8-10(3)13(9-2,11(4)5)12(6)7/h8H,1,3,9H2,2,4-7H3. The average molecular weight is 198 g/mol. The van der Waals surface area contributed by atoms with Gasteiger partial charge in [0.15, 0.2) is 0 Å². The summed E-state index contributed by atoms with van der Waals surface area (Å²) >= 11 is 0. The Kier molecular flexibility index (Phi) is 4.60. The number of hydrogen-bond donors (Lipinski definition) is 0. The molecule has 0 aromatic rings. The molecule has 0 atom stereocenters. The van der Waals surface area contributed by atoms with Gasteiger partial charge in [-0.05, 0) is 39.4 Å². The van der Waals surface area contributed by atoms with Gasteiger partial charge in [0, 0.05) is 0 Å². The largest absolute Gasteiger partial charge is 0.314 e. The maximum Gasteiger partial charge on any atom is 0.237 e. The number of hydrogen-bond acceptors (Lipinski definition) is 2. The van der Waals surface area contributed by atoms with Crippen molar-refractivity contribution in [2.24, 2.45) is 0 Å². The van der Waals surface area contributed by atoms with Crippen molar-refractivity contribution in [2.45, 2.75) is 13.0 Å². The zero-order valence-corrected chi connectivity index (χ0v) is 10.6. The molecule has 0 heterocycles. The van der Waals surface area contributed by atoms with Gasteiger partial charge >= 0.3 is 0 Å². The third kappa shape index (κ3) is 2.10. The Morgan fingerprint density at radius 1 is 1.23 bits per heavy atom. The van der Waals surface area contributed by atoms with Crippen molar-refractivity contribution in [1.82, 2.24) is 9.13 Å². The van der Waals surface area contributed by atoms with Gasteiger partial charge in [0.2, 0.25) is 8.40 Å². The summed E-state index contributed by atoms with van der Waals surface area (Å²) in [5, 5.41) is 1.19. The second-order valence-corrected chi connectivity index (χ2v) is 8.46. The number of nitrogens with zero attached hydrogens (tertiary/aromatic N) is 2. The van der Waals surface area contributed by atoms with E-state index in [1.807, 2.05) is 6.08 Å². The second kappa shape index (κ2) is 4.74. The van der Waals surface area contributed by atoms with E-state index in [-0.39, 0.29) is 0 Å². The van der Waals surface area contributed by atoms with Crippen LogP contribution in [0.15, 0.2) is 24.4 Å². The summed E-state index contributed by atoms with van der Waals surface area (Å²) in [6.07, 6.45) is 1.90. The highest BCUT2D eigenvalue weighted by Crippen LogP contribution is 2.23. The maximum absolute atomic E-state index is 4.12. The second-order valence-electron chi connectivity index (χ2n) is 3.69. The van der Waals surface area contributed by atoms with Crippen LogP contribution in [0.3, 0.4) is 0 Å². The molecule has 0 aliphatic carbocycles. The van der Waals surface area contributed by atoms with E-state index in [1.54, 1.807) is 0 Å². The Morgan fingerprint density at radius 2 is 1.62 bits per heavy atom. The minimum absolute atomic E-state index is 1.14. The van der Waals surface area contributed by atoms with Gasteiger partial charge in [-0.2, -0.15) is 0 Å². The summed E-state index contributed by atoms with van der Waals surface area (Å²) in [6, 6.07) is 1.14. The highest BCUT2D eigenvalue weighted by atomic mass is 28.3. The predicted octanol–water partition coefficient (Wildman–Crippen LogP) is 1.85. The van der Waals surface area contributed by atoms with Crippen LogP contribution < -0.4 is 0 Å². The van der Waals surface area contributed by atoms with Crippen LogP contribution in [0.1, 0.15) is 6.92 Å². The Hall–Kier alpha value is -0.383. The van der Waals surface area contributed by atoms with Crippen molar-refractivity contribution >= 4 is 8.40 Å². The molecule has 3 heteroatoms. The molecule has 0 aromatic heterocycles. The van der Waals surface area contributed by atoms with E-state index in [1.165, 1.54) is 5.20 Å². The molecule has 13 heavy (non-hydrogen) atoms. The summed E-state index contributed by atoms with van der Waals surface area (Å²) in [5.74, 6) is 0. The lowest BCUT2D eigenvalue weighted by Gasteiger charge is -2.42. The van der Waals surface area contributed by atoms with Crippen molar-refractivity contribution in [3.63, 3.8) is 0 Å². The normalized spacial score (nSPS) is 12.2. The van der Waals surface area contributed by atoms with Gasteiger partial charge in [-0.25, -0.2) is 0 Å². The number of allylic oxidation sites excluding steroid dienone is 2. The SMILES string of the molecule is C=CC(=C)[Si](CC)(N(C)C)N(C)C. The molecule has 0 bridgehead atoms. The molecule has 0 spiro atoms. The molecule has 0 aliphatic rings. The molecular formula is C10H22N2Si. The molecule has 0 saturated heterocycles. The van der Waals surface area contributed by atoms with Crippen LogP contribution in [-0.4, -0.2) is 45.7 Å². The van der Waals surface area contributed by atoms with Crippen molar-refractivity contribution in [3.8, 4) is 0 Å². The quantitative estimate of drug-likeness (QED) is 0.491. The molecule has 76 valence electrons. The highest BCUT2D eigenvalue weighted by molar-refractivity contribution is 6.81. The van der Waals surface area contributed by atoms with E-state index in [9.17, 15) is 0 Å². The van der Waals surface area contributed by atoms with Gasteiger partial charge < -0.3 is 9.13 Å². The van der Waals surface area contributed by atoms with Gasteiger partial charge in [-0.3, -0.25) is 0 Å². The van der Waals surface area contributed by atoms with Gasteiger partial charge in [0.05, 0.1) is 0 Å². The molecule has 0 fully saturated rings. The van der Waals surface area contributed by atoms with Crippen LogP contribution in [0.25, 0.3) is 0 Å². The lowest BCUT2D eigenvalue weighted by Crippen LogP contribution is -2.61. The first-order chi connectivity index (χ1) is 5.93. The fourth-order valence-electron chi connectivity index (χ4n) is 2.00. The zero-order chi connectivity index (χ0) is 10.6. The summed E-state index contributed by atoms with van der Waals surface area (Å²) in [7, 11) is 6.84. The van der Waals surface area contributed by atoms with Crippen LogP contribution >= 0.6 is 0 Å². The van der Waals surface area contributed by atoms with Crippen LogP contribution in [0, 0.1) is 0 Å². The van der Waals surface area contributed by atoms with Crippen LogP contribution in [0.4, 0.5) is 0 Å². The van der Waals surface area contributed by atoms with Crippen LogP contribution in [-0.2, 0) is 0 Å². The van der Waals surface area contributed by atoms with E-state index in [0.29, 0.717) is 0 Å². The Morgan fingerprint density at radius 3 is 1.69 bits per heavy atom. The monoisotopic (exact) mass is 198 g/mol. The summed E-state index contributed by atoms with van der Waals surface area (Å²) < 4.78 is 4.63. The van der Waals surface area contributed by atoms with E-state index < -0.39 is 8.40 Å². The van der Waals surface area contributed by atoms with E-state index in [0.717, 1.165) is 6.04 Å². The first-order valence-corrected chi connectivity index (χ1v) is 6.70. The minimum atomic E-state index is -1.67. The fourth-order valence-corrected chi connectivity index (χ4v) is 5.99. The molecule has 0 radical (unpaired) electrons. The van der Waals surface area contributed by atoms with Crippen molar-refractivity contribution < 1.29 is 0 Å². The number of rotatable bonds is 5. The smallest absolute Gasteiger partial charge is 0.237 e. The summed E-state index contributed by atoms with van der Waals surface area (Å²) in [6.45, 7) is 10.2. The molecule has 0 rings (SSSR count). The van der Waals surface area contributed by atoms with E-state index in [4.69, 9.17) is 0 Å². The van der Waals surface area contributed by atoms with Crippen molar-refractivity contribution in [3.05, 3.63) is 24.4 Å². The van der Waals surface area contributed by atoms with E-state index in [2.05, 4.69) is 57.4 Å². The average Bonchev–Trinajstić information content (AvgIpc) is 2.04. The third-order valence-electron chi connectivity index (χ3n) is 2.73. The van der Waals surface area contributed by atoms with Crippen LogP contribution in [0.2, 0.25) is 6.04 Å². The van der Waals surface area contributed by atoms with Crippen molar-refractivity contribution in [1.29, 1.82) is 0 Å². The molecule has 0 unspecified atom stereocenters. The van der Waals surface area contributed by atoms with Crippen molar-refractivity contribution in [2.75, 3.05) is 28.2 Å². The van der Waals surface area contributed by atoms with Gasteiger partial charge in [0.25, 0.3) is 0 Å². The highest BCUT2D eigenvalue weighted by Gasteiger charge is 2.38. The molecule has 0 N–H and O–H groups in total. The lowest BCUT2D eigenvalue weighted by atomic mass is 10.6. The predicted molar refractivity (Wildman–Crippen MR) is 62.9 cm³/mol. The Bertz CT molecular complexity index is 189. The molecule has 0 aliphatic heterocycles. The Labute approximate surface area is 83.7 Å².